The Morgan fingerprint density at radius 3 is 2.78 bits per heavy atom. The Labute approximate surface area is 209 Å². The average molecular weight is 494 g/mol. The van der Waals surface area contributed by atoms with E-state index in [1.54, 1.807) is 11.1 Å². The molecule has 0 radical (unpaired) electrons. The summed E-state index contributed by atoms with van der Waals surface area (Å²) in [5.41, 5.74) is 2.65. The molecular weight excluding hydrogens is 464 g/mol. The smallest absolute Gasteiger partial charge is 0.327 e. The molecule has 3 aromatic heterocycles. The summed E-state index contributed by atoms with van der Waals surface area (Å²) in [7, 11) is 0. The zero-order valence-electron chi connectivity index (χ0n) is 20.4. The van der Waals surface area contributed by atoms with Crippen molar-refractivity contribution in [2.45, 2.75) is 38.9 Å². The summed E-state index contributed by atoms with van der Waals surface area (Å²) < 4.78 is 27.4. The molecule has 8 nitrogen and oxygen atoms in total. The highest BCUT2D eigenvalue weighted by molar-refractivity contribution is 6.03. The first kappa shape index (κ1) is 23.9. The van der Waals surface area contributed by atoms with Gasteiger partial charge in [-0.3, -0.25) is 9.88 Å². The Bertz CT molecular complexity index is 1260. The van der Waals surface area contributed by atoms with Crippen molar-refractivity contribution < 1.29 is 13.6 Å². The summed E-state index contributed by atoms with van der Waals surface area (Å²) in [5.74, 6) is 0.714. The lowest BCUT2D eigenvalue weighted by molar-refractivity contribution is 0.255. The third kappa shape index (κ3) is 4.80. The van der Waals surface area contributed by atoms with Gasteiger partial charge in [0.2, 0.25) is 0 Å². The van der Waals surface area contributed by atoms with Gasteiger partial charge >= 0.3 is 6.03 Å². The largest absolute Gasteiger partial charge is 0.369 e. The number of hydrogen-bond acceptors (Lipinski definition) is 6. The Balaban J connectivity index is 1.52. The summed E-state index contributed by atoms with van der Waals surface area (Å²) in [6, 6.07) is 8.37. The fraction of sp³-hybridized carbons (Fsp3) is 0.385. The van der Waals surface area contributed by atoms with E-state index in [4.69, 9.17) is 4.98 Å². The molecule has 1 N–H and O–H groups in total. The number of halogens is 2. The minimum atomic E-state index is -0.844. The highest BCUT2D eigenvalue weighted by atomic mass is 19.1. The maximum Gasteiger partial charge on any atom is 0.327 e. The Hall–Kier alpha value is -3.82. The van der Waals surface area contributed by atoms with E-state index in [1.165, 1.54) is 12.3 Å². The predicted molar refractivity (Wildman–Crippen MR) is 137 cm³/mol. The Morgan fingerprint density at radius 2 is 2.03 bits per heavy atom. The number of urea groups is 1. The minimum absolute atomic E-state index is 0.149. The topological polar surface area (TPSA) is 77.5 Å². The molecule has 10 heteroatoms. The van der Waals surface area contributed by atoms with E-state index in [0.717, 1.165) is 37.0 Å². The lowest BCUT2D eigenvalue weighted by Gasteiger charge is -2.28. The second kappa shape index (κ2) is 10.0. The van der Waals surface area contributed by atoms with E-state index in [9.17, 15) is 13.6 Å². The lowest BCUT2D eigenvalue weighted by atomic mass is 10.1. The predicted octanol–water partition coefficient (Wildman–Crippen LogP) is 4.88. The molecule has 2 atom stereocenters. The van der Waals surface area contributed by atoms with Crippen LogP contribution in [0.1, 0.15) is 26.7 Å². The van der Waals surface area contributed by atoms with Crippen LogP contribution in [-0.4, -0.2) is 59.4 Å². The maximum atomic E-state index is 13.8. The first-order valence-electron chi connectivity index (χ1n) is 12.2. The molecule has 2 amide bonds. The first-order chi connectivity index (χ1) is 17.4. The molecule has 0 spiro atoms. The highest BCUT2D eigenvalue weighted by Gasteiger charge is 2.31. The fourth-order valence-corrected chi connectivity index (χ4v) is 4.79. The van der Waals surface area contributed by atoms with Crippen LogP contribution in [-0.2, 0) is 0 Å². The van der Waals surface area contributed by atoms with Crippen LogP contribution < -0.4 is 20.0 Å². The summed E-state index contributed by atoms with van der Waals surface area (Å²) in [6.45, 7) is 6.55. The number of aromatic nitrogens is 3. The van der Waals surface area contributed by atoms with Crippen LogP contribution in [0.25, 0.3) is 11.3 Å². The second-order valence-corrected chi connectivity index (χ2v) is 9.18. The van der Waals surface area contributed by atoms with Gasteiger partial charge in [-0.25, -0.2) is 23.5 Å². The van der Waals surface area contributed by atoms with Gasteiger partial charge in [0, 0.05) is 43.5 Å². The van der Waals surface area contributed by atoms with Gasteiger partial charge < -0.3 is 15.1 Å². The number of amides is 2. The van der Waals surface area contributed by atoms with Gasteiger partial charge in [0.15, 0.2) is 5.82 Å². The molecular formula is C26H29F2N7O. The molecule has 1 fully saturated rings. The number of anilines is 4. The monoisotopic (exact) mass is 493 g/mol. The molecule has 36 heavy (non-hydrogen) atoms. The number of alkyl halides is 1. The van der Waals surface area contributed by atoms with E-state index < -0.39 is 18.0 Å². The quantitative estimate of drug-likeness (QED) is 0.558. The van der Waals surface area contributed by atoms with Gasteiger partial charge in [-0.05, 0) is 51.0 Å². The summed E-state index contributed by atoms with van der Waals surface area (Å²) in [5, 5.41) is 2.77. The van der Waals surface area contributed by atoms with Crippen LogP contribution in [0.4, 0.5) is 36.6 Å². The summed E-state index contributed by atoms with van der Waals surface area (Å²) in [4.78, 5) is 32.4. The second-order valence-electron chi connectivity index (χ2n) is 9.18. The van der Waals surface area contributed by atoms with Crippen LogP contribution in [0.3, 0.4) is 0 Å². The summed E-state index contributed by atoms with van der Waals surface area (Å²) >= 11 is 0. The van der Waals surface area contributed by atoms with E-state index in [-0.39, 0.29) is 11.7 Å². The Morgan fingerprint density at radius 1 is 1.17 bits per heavy atom. The van der Waals surface area contributed by atoms with E-state index >= 15 is 0 Å². The summed E-state index contributed by atoms with van der Waals surface area (Å²) in [6.07, 6.45) is 4.59. The maximum absolute atomic E-state index is 13.8. The molecule has 1 saturated heterocycles. The minimum Gasteiger partial charge on any atom is -0.369 e. The molecule has 3 aromatic rings. The third-order valence-electron chi connectivity index (χ3n) is 6.73. The van der Waals surface area contributed by atoms with Gasteiger partial charge in [0.05, 0.1) is 36.0 Å². The van der Waals surface area contributed by atoms with Crippen LogP contribution in [0.15, 0.2) is 48.9 Å². The number of pyridine rings is 3. The van der Waals surface area contributed by atoms with Crippen molar-refractivity contribution in [3.8, 4) is 11.3 Å². The zero-order valence-corrected chi connectivity index (χ0v) is 20.4. The van der Waals surface area contributed by atoms with Crippen molar-refractivity contribution in [1.29, 1.82) is 0 Å². The van der Waals surface area contributed by atoms with Crippen LogP contribution >= 0.6 is 0 Å². The molecule has 2 aliphatic rings. The number of fused-ring (bicyclic) bond motifs is 1. The van der Waals surface area contributed by atoms with Crippen LogP contribution in [0.5, 0.6) is 0 Å². The Kier molecular flexibility index (Phi) is 6.67. The van der Waals surface area contributed by atoms with Crippen LogP contribution in [0.2, 0.25) is 0 Å². The third-order valence-corrected chi connectivity index (χ3v) is 6.73. The van der Waals surface area contributed by atoms with Crippen molar-refractivity contribution in [3.63, 3.8) is 0 Å². The number of nitrogens with zero attached hydrogens (tertiary/aromatic N) is 6. The van der Waals surface area contributed by atoms with Crippen molar-refractivity contribution in [2.75, 3.05) is 46.2 Å². The zero-order chi connectivity index (χ0) is 25.2. The van der Waals surface area contributed by atoms with Crippen molar-refractivity contribution in [1.82, 2.24) is 15.0 Å². The number of nitrogens with one attached hydrogen (secondary N) is 1. The van der Waals surface area contributed by atoms with E-state index in [0.29, 0.717) is 36.8 Å². The first-order valence-corrected chi connectivity index (χ1v) is 12.2. The average Bonchev–Trinajstić information content (AvgIpc) is 3.25. The number of carbonyl (C=O) groups excluding carboxylic acids is 1. The van der Waals surface area contributed by atoms with Gasteiger partial charge in [0.1, 0.15) is 17.8 Å². The van der Waals surface area contributed by atoms with Gasteiger partial charge in [-0.15, -0.1) is 0 Å². The molecule has 2 aliphatic heterocycles. The highest BCUT2D eigenvalue weighted by Crippen LogP contribution is 2.36. The van der Waals surface area contributed by atoms with Crippen LogP contribution in [0, 0.1) is 5.82 Å². The fourth-order valence-electron chi connectivity index (χ4n) is 4.79. The molecule has 0 unspecified atom stereocenters. The van der Waals surface area contributed by atoms with Crippen molar-refractivity contribution in [2.24, 2.45) is 0 Å². The molecule has 0 bridgehead atoms. The number of carbonyl (C=O) groups is 1. The van der Waals surface area contributed by atoms with E-state index in [2.05, 4.69) is 27.1 Å². The molecule has 0 aliphatic carbocycles. The van der Waals surface area contributed by atoms with Crippen molar-refractivity contribution in [3.05, 3.63) is 54.7 Å². The molecule has 0 aromatic carbocycles. The molecule has 5 heterocycles. The standard InChI is InChI=1S/C26H29F2N7O/c1-3-33-10-7-17(2)35(26(36)31-21-13-20(28)14-29-15-21)25-23(33)5-4-22(32-25)18-6-9-30-24(12-18)34-11-8-19(27)16-34/h4-6,9,12-15,17,19H,3,7-8,10-11,16H2,1-2H3,(H,31,36)/t17-,19+/m1/s1. The van der Waals surface area contributed by atoms with Gasteiger partial charge in [-0.1, -0.05) is 0 Å². The van der Waals surface area contributed by atoms with Gasteiger partial charge in [-0.2, -0.15) is 0 Å². The molecule has 0 saturated carbocycles. The normalized spacial score (nSPS) is 19.7. The number of rotatable bonds is 4. The van der Waals surface area contributed by atoms with Crippen molar-refractivity contribution >= 4 is 29.0 Å². The SMILES string of the molecule is CCN1CC[C@@H](C)N(C(=O)Nc2cncc(F)c2)c2nc(-c3ccnc(N4CC[C@H](F)C4)c3)ccc21. The number of hydrogen-bond donors (Lipinski definition) is 1. The van der Waals surface area contributed by atoms with E-state index in [1.807, 2.05) is 36.1 Å². The molecule has 5 rings (SSSR count). The lowest BCUT2D eigenvalue weighted by Crippen LogP contribution is -2.42. The van der Waals surface area contributed by atoms with Gasteiger partial charge in [0.25, 0.3) is 0 Å². The molecule has 188 valence electrons.